The Hall–Kier alpha value is -3.19. The molecular weight excluding hydrogens is 697 g/mol. The Balaban J connectivity index is 1.71. The summed E-state index contributed by atoms with van der Waals surface area (Å²) in [5.74, 6) is 4.38. The van der Waals surface area contributed by atoms with Crippen molar-refractivity contribution in [2.45, 2.75) is 148 Å². The normalized spacial score (nSPS) is 20.7. The third-order valence-corrected chi connectivity index (χ3v) is 22.9. The van der Waals surface area contributed by atoms with Gasteiger partial charge in [0.2, 0.25) is 0 Å². The van der Waals surface area contributed by atoms with Crippen LogP contribution in [0, 0.1) is 11.5 Å². The molecule has 3 aromatic rings. The molecule has 4 rings (SSSR count). The van der Waals surface area contributed by atoms with E-state index >= 15 is 0 Å². The van der Waals surface area contributed by atoms with E-state index in [1.807, 2.05) is 12.1 Å². The molecule has 4 atom stereocenters. The van der Waals surface area contributed by atoms with Gasteiger partial charge in [0.05, 0.1) is 38.1 Å². The van der Waals surface area contributed by atoms with E-state index in [2.05, 4.69) is 178 Å². The molecule has 6 heteroatoms. The number of methoxy groups -OCH3 is 1. The maximum atomic E-state index is 7.77. The Labute approximate surface area is 330 Å². The van der Waals surface area contributed by atoms with Crippen molar-refractivity contribution < 1.29 is 18.6 Å². The van der Waals surface area contributed by atoms with Crippen LogP contribution in [0.5, 0.6) is 5.75 Å². The van der Waals surface area contributed by atoms with E-state index in [-0.39, 0.29) is 29.5 Å². The van der Waals surface area contributed by atoms with Crippen molar-refractivity contribution in [3.05, 3.63) is 115 Å². The van der Waals surface area contributed by atoms with E-state index in [9.17, 15) is 0 Å². The highest BCUT2D eigenvalue weighted by atomic mass is 28.4. The van der Waals surface area contributed by atoms with Gasteiger partial charge in [0.15, 0.2) is 0 Å². The number of hydrogen-bond donors (Lipinski definition) is 0. The fraction of sp³-hybridized carbons (Fsp3) is 0.500. The molecule has 0 N–H and O–H groups in total. The Morgan fingerprint density at radius 3 is 1.78 bits per heavy atom. The van der Waals surface area contributed by atoms with Gasteiger partial charge in [0.25, 0.3) is 8.32 Å². The van der Waals surface area contributed by atoms with Crippen LogP contribution in [-0.2, 0) is 20.5 Å². The summed E-state index contributed by atoms with van der Waals surface area (Å²) in [6.45, 7) is 24.0. The molecule has 3 aromatic carbocycles. The molecule has 0 aliphatic carbocycles. The zero-order chi connectivity index (χ0) is 39.4. The summed E-state index contributed by atoms with van der Waals surface area (Å²) in [5, 5.41) is 2.43. The Bertz CT molecular complexity index is 1600. The van der Waals surface area contributed by atoms with Crippen LogP contribution >= 0.6 is 0 Å². The highest BCUT2D eigenvalue weighted by molar-refractivity contribution is 6.99. The van der Waals surface area contributed by atoms with E-state index in [0.717, 1.165) is 30.6 Å². The average molecular weight is 765 g/mol. The van der Waals surface area contributed by atoms with Crippen LogP contribution in [0.1, 0.15) is 100 Å². The largest absolute Gasteiger partial charge is 0.497 e. The predicted molar refractivity (Wildman–Crippen MR) is 234 cm³/mol. The lowest BCUT2D eigenvalue weighted by atomic mass is 10.1. The lowest BCUT2D eigenvalue weighted by Gasteiger charge is -2.46. The van der Waals surface area contributed by atoms with E-state index in [0.29, 0.717) is 29.7 Å². The maximum Gasteiger partial charge on any atom is 0.261 e. The second-order valence-corrected chi connectivity index (χ2v) is 26.7. The van der Waals surface area contributed by atoms with Gasteiger partial charge in [-0.3, -0.25) is 0 Å². The summed E-state index contributed by atoms with van der Waals surface area (Å²) in [4.78, 5) is 0. The van der Waals surface area contributed by atoms with Gasteiger partial charge in [-0.05, 0) is 81.5 Å². The van der Waals surface area contributed by atoms with Gasteiger partial charge in [-0.15, -0.1) is 5.54 Å². The zero-order valence-electron chi connectivity index (χ0n) is 35.1. The van der Waals surface area contributed by atoms with Crippen LogP contribution in [0.15, 0.2) is 109 Å². The van der Waals surface area contributed by atoms with E-state index < -0.39 is 16.4 Å². The van der Waals surface area contributed by atoms with Gasteiger partial charge in [-0.2, -0.15) is 0 Å². The van der Waals surface area contributed by atoms with Gasteiger partial charge in [-0.1, -0.05) is 166 Å². The molecule has 0 unspecified atom stereocenters. The number of rotatable bonds is 14. The first-order valence-electron chi connectivity index (χ1n) is 20.3. The Morgan fingerprint density at radius 2 is 1.30 bits per heavy atom. The zero-order valence-corrected chi connectivity index (χ0v) is 37.1. The third kappa shape index (κ3) is 10.4. The highest BCUT2D eigenvalue weighted by Gasteiger charge is 2.52. The second kappa shape index (κ2) is 20.1. The number of benzene rings is 3. The van der Waals surface area contributed by atoms with Crippen LogP contribution in [0.3, 0.4) is 0 Å². The fourth-order valence-corrected chi connectivity index (χ4v) is 18.7. The SMILES string of the molecule is CC[C@@H]1O[C@@H](C/C=C\C#C[Si](C(C)C)(C(C)C)C(C)C)[C@H](OCc2ccc(OC)cc2)C/C=C\C[C@H]1O[Si](c1ccccc1)(c1ccccc1)C(C)(C)C. The minimum absolute atomic E-state index is 0.131. The summed E-state index contributed by atoms with van der Waals surface area (Å²) in [6, 6.07) is 30.0. The van der Waals surface area contributed by atoms with Gasteiger partial charge in [0.1, 0.15) is 13.8 Å². The summed E-state index contributed by atoms with van der Waals surface area (Å²) < 4.78 is 27.2. The lowest BCUT2D eigenvalue weighted by Crippen LogP contribution is -2.68. The average Bonchev–Trinajstić information content (AvgIpc) is 3.23. The quantitative estimate of drug-likeness (QED) is 0.0931. The van der Waals surface area contributed by atoms with Gasteiger partial charge < -0.3 is 18.6 Å². The van der Waals surface area contributed by atoms with Gasteiger partial charge >= 0.3 is 0 Å². The maximum absolute atomic E-state index is 7.77. The van der Waals surface area contributed by atoms with Crippen molar-refractivity contribution in [2.24, 2.45) is 0 Å². The molecule has 4 nitrogen and oxygen atoms in total. The first-order valence-corrected chi connectivity index (χ1v) is 24.5. The molecule has 292 valence electrons. The number of ether oxygens (including phenoxy) is 3. The van der Waals surface area contributed by atoms with Crippen LogP contribution in [-0.4, -0.2) is 47.9 Å². The molecule has 1 aliphatic rings. The molecule has 54 heavy (non-hydrogen) atoms. The van der Waals surface area contributed by atoms with Crippen molar-refractivity contribution in [3.63, 3.8) is 0 Å². The molecule has 0 saturated heterocycles. The van der Waals surface area contributed by atoms with E-state index in [1.54, 1.807) is 7.11 Å². The molecule has 0 spiro atoms. The summed E-state index contributed by atoms with van der Waals surface area (Å²) in [7, 11) is -2.96. The third-order valence-electron chi connectivity index (χ3n) is 11.6. The standard InChI is InChI=1S/C48H68O4Si2/c1-12-44-47(52-54(48(8,9)10,42-24-16-13-17-25-42)43-26-18-14-19-27-43)30-22-21-28-45(50-36-40-31-33-41(49-11)34-32-40)46(51-44)29-20-15-23-35-53(37(2)3,38(4)5)39(6)7/h13-22,24-27,31-34,37-39,44-47H,12,28-30,36H2,1-11H3/b20-15-,22-21-/t44-,45+,46-,47+/m0/s1. The summed E-state index contributed by atoms with van der Waals surface area (Å²) >= 11 is 0. The molecule has 0 radical (unpaired) electrons. The number of allylic oxidation sites excluding steroid dienone is 1. The van der Waals surface area contributed by atoms with Crippen LogP contribution in [0.2, 0.25) is 21.7 Å². The molecule has 0 aromatic heterocycles. The minimum Gasteiger partial charge on any atom is -0.497 e. The van der Waals surface area contributed by atoms with Crippen molar-refractivity contribution in [3.8, 4) is 17.2 Å². The predicted octanol–water partition coefficient (Wildman–Crippen LogP) is 11.2. The molecule has 0 bridgehead atoms. The fourth-order valence-electron chi connectivity index (χ4n) is 8.73. The lowest BCUT2D eigenvalue weighted by molar-refractivity contribution is -0.128. The van der Waals surface area contributed by atoms with Crippen molar-refractivity contribution >= 4 is 26.8 Å². The Kier molecular flexibility index (Phi) is 16.2. The van der Waals surface area contributed by atoms with Crippen LogP contribution in [0.4, 0.5) is 0 Å². The monoisotopic (exact) mass is 764 g/mol. The smallest absolute Gasteiger partial charge is 0.261 e. The molecule has 0 amide bonds. The first kappa shape index (κ1) is 43.5. The van der Waals surface area contributed by atoms with Crippen molar-refractivity contribution in [1.29, 1.82) is 0 Å². The molecule has 1 aliphatic heterocycles. The topological polar surface area (TPSA) is 36.9 Å². The minimum atomic E-state index is -2.82. The second-order valence-electron chi connectivity index (χ2n) is 16.9. The van der Waals surface area contributed by atoms with Crippen LogP contribution in [0.25, 0.3) is 0 Å². The molecule has 0 fully saturated rings. The molecule has 0 saturated carbocycles. The first-order chi connectivity index (χ1) is 25.8. The van der Waals surface area contributed by atoms with E-state index in [4.69, 9.17) is 18.6 Å². The van der Waals surface area contributed by atoms with Crippen molar-refractivity contribution in [1.82, 2.24) is 0 Å². The molecule has 1 heterocycles. The Morgan fingerprint density at radius 1 is 0.759 bits per heavy atom. The summed E-state index contributed by atoms with van der Waals surface area (Å²) in [6.07, 6.45) is 11.4. The summed E-state index contributed by atoms with van der Waals surface area (Å²) in [5.41, 5.74) is 6.75. The van der Waals surface area contributed by atoms with Crippen LogP contribution < -0.4 is 15.1 Å². The van der Waals surface area contributed by atoms with Crippen molar-refractivity contribution in [2.75, 3.05) is 7.11 Å². The van der Waals surface area contributed by atoms with E-state index in [1.165, 1.54) is 10.4 Å². The van der Waals surface area contributed by atoms with Gasteiger partial charge in [-0.25, -0.2) is 0 Å². The molecular formula is C48H68O4Si2. The van der Waals surface area contributed by atoms with Gasteiger partial charge in [0, 0.05) is 0 Å². The highest BCUT2D eigenvalue weighted by Crippen LogP contribution is 2.41. The number of hydrogen-bond acceptors (Lipinski definition) is 4.